The average Bonchev–Trinajstić information content (AvgIpc) is 1.63. The van der Waals surface area contributed by atoms with Crippen LogP contribution in [0.25, 0.3) is 0 Å². The molecule has 0 unspecified atom stereocenters. The van der Waals surface area contributed by atoms with E-state index in [9.17, 15) is 4.79 Å². The van der Waals surface area contributed by atoms with Gasteiger partial charge in [0.15, 0.2) is 0 Å². The van der Waals surface area contributed by atoms with Gasteiger partial charge in [0, 0.05) is 0 Å². The molecule has 0 spiro atoms. The summed E-state index contributed by atoms with van der Waals surface area (Å²) in [4.78, 5) is 10.1. The summed E-state index contributed by atoms with van der Waals surface area (Å²) in [5.74, 6) is -0.556. The summed E-state index contributed by atoms with van der Waals surface area (Å²) in [6.07, 6.45) is 0.551. The second-order valence-electron chi connectivity index (χ2n) is 2.57. The van der Waals surface area contributed by atoms with Crippen molar-refractivity contribution in [2.24, 2.45) is 11.7 Å². The topological polar surface area (TPSA) is 63.3 Å². The number of carboxylic acid groups (broad SMARTS) is 1. The number of hydrogen-bond donors (Lipinski definition) is 2. The Morgan fingerprint density at radius 2 is 2.11 bits per heavy atom. The van der Waals surface area contributed by atoms with Crippen molar-refractivity contribution in [2.75, 3.05) is 0 Å². The molecular weight excluding hydrogens is 120 g/mol. The molecule has 3 heteroatoms. The van der Waals surface area contributed by atoms with Gasteiger partial charge in [0.2, 0.25) is 0 Å². The fourth-order valence-electron chi connectivity index (χ4n) is 0.609. The summed E-state index contributed by atoms with van der Waals surface area (Å²) in [6.45, 7) is 3.89. The summed E-state index contributed by atoms with van der Waals surface area (Å²) in [5.41, 5.74) is 5.22. The maximum absolute atomic E-state index is 10.1. The molecule has 0 aromatic carbocycles. The lowest BCUT2D eigenvalue weighted by atomic mass is 10.2. The molecule has 3 nitrogen and oxygen atoms in total. The van der Waals surface area contributed by atoms with Crippen LogP contribution in [0.2, 0.25) is 0 Å². The van der Waals surface area contributed by atoms with E-state index in [-0.39, 0.29) is 0 Å². The van der Waals surface area contributed by atoms with Gasteiger partial charge in [-0.3, -0.25) is 4.79 Å². The number of rotatable bonds is 3. The van der Waals surface area contributed by atoms with Crippen LogP contribution >= 0.6 is 0 Å². The number of nitrogens with two attached hydrogens (primary N) is 1. The summed E-state index contributed by atoms with van der Waals surface area (Å²) < 4.78 is 0. The first kappa shape index (κ1) is 8.43. The monoisotopic (exact) mass is 133 g/mol. The molecule has 0 aromatic heterocycles. The molecule has 0 amide bonds. The van der Waals surface area contributed by atoms with E-state index in [1.807, 2.05) is 13.8 Å². The van der Waals surface area contributed by atoms with Crippen molar-refractivity contribution in [3.05, 3.63) is 0 Å². The zero-order valence-corrected chi connectivity index (χ0v) is 5.79. The second-order valence-corrected chi connectivity index (χ2v) is 2.57. The minimum Gasteiger partial charge on any atom is -0.480 e. The van der Waals surface area contributed by atoms with Gasteiger partial charge in [-0.15, -0.1) is 0 Å². The smallest absolute Gasteiger partial charge is 0.320 e. The van der Waals surface area contributed by atoms with Crippen LogP contribution in [0.3, 0.4) is 0 Å². The molecule has 0 aromatic rings. The third kappa shape index (κ3) is 3.97. The minimum absolute atomic E-state index is 0.357. The summed E-state index contributed by atoms with van der Waals surface area (Å²) in [7, 11) is 0. The van der Waals surface area contributed by atoms with Gasteiger partial charge in [0.05, 0.1) is 0 Å². The van der Waals surface area contributed by atoms with Crippen LogP contribution in [0.5, 0.6) is 0 Å². The Bertz CT molecular complexity index is 101. The standard InChI is InChI=1S/C6H13NO2/c1-4(2)3-5(7)6(8)9/h4-5H,3,7H2,1-2H3,(H,8,9)/t5-/m0/s1/i5+1,7+1. The predicted octanol–water partition coefficient (Wildman–Crippen LogP) is 0.444. The lowest BCUT2D eigenvalue weighted by Crippen LogP contribution is -2.31. The number of carbonyl (C=O) groups is 1. The molecule has 0 rings (SSSR count). The van der Waals surface area contributed by atoms with Crippen molar-refractivity contribution in [3.63, 3.8) is 0 Å². The zero-order valence-electron chi connectivity index (χ0n) is 5.79. The first-order chi connectivity index (χ1) is 4.04. The van der Waals surface area contributed by atoms with E-state index >= 15 is 0 Å². The van der Waals surface area contributed by atoms with E-state index in [1.165, 1.54) is 0 Å². The molecule has 54 valence electrons. The van der Waals surface area contributed by atoms with Crippen LogP contribution < -0.4 is 5.73 Å². The van der Waals surface area contributed by atoms with Gasteiger partial charge in [-0.1, -0.05) is 13.8 Å². The van der Waals surface area contributed by atoms with Crippen LogP contribution in [0.4, 0.5) is 0 Å². The molecule has 0 saturated carbocycles. The van der Waals surface area contributed by atoms with Gasteiger partial charge in [-0.25, -0.2) is 0 Å². The molecule has 0 bridgehead atoms. The molecule has 0 fully saturated rings. The largest absolute Gasteiger partial charge is 0.480 e. The lowest BCUT2D eigenvalue weighted by Gasteiger charge is -2.07. The molecule has 0 aliphatic heterocycles. The Morgan fingerprint density at radius 1 is 1.67 bits per heavy atom. The van der Waals surface area contributed by atoms with E-state index in [1.54, 1.807) is 0 Å². The number of hydrogen-bond acceptors (Lipinski definition) is 2. The van der Waals surface area contributed by atoms with Crippen LogP contribution in [0, 0.1) is 5.92 Å². The molecule has 3 N–H and O–H groups in total. The van der Waals surface area contributed by atoms with Crippen LogP contribution in [0.15, 0.2) is 0 Å². The number of carboxylic acids is 1. The Morgan fingerprint density at radius 3 is 2.22 bits per heavy atom. The van der Waals surface area contributed by atoms with E-state index in [0.29, 0.717) is 12.3 Å². The third-order valence-corrected chi connectivity index (χ3v) is 1.04. The summed E-state index contributed by atoms with van der Waals surface area (Å²) in [5, 5.41) is 8.31. The molecule has 0 saturated heterocycles. The Labute approximate surface area is 54.9 Å². The van der Waals surface area contributed by atoms with Gasteiger partial charge < -0.3 is 10.8 Å². The molecule has 1 atom stereocenters. The van der Waals surface area contributed by atoms with Crippen LogP contribution in [0.1, 0.15) is 20.3 Å². The zero-order chi connectivity index (χ0) is 7.44. The predicted molar refractivity (Wildman–Crippen MR) is 35.1 cm³/mol. The highest BCUT2D eigenvalue weighted by molar-refractivity contribution is 5.72. The second kappa shape index (κ2) is 3.45. The van der Waals surface area contributed by atoms with E-state index in [4.69, 9.17) is 10.8 Å². The summed E-state index contributed by atoms with van der Waals surface area (Å²) in [6, 6.07) is -0.690. The van der Waals surface area contributed by atoms with Crippen LogP contribution in [-0.4, -0.2) is 17.1 Å². The maximum Gasteiger partial charge on any atom is 0.320 e. The quantitative estimate of drug-likeness (QED) is 0.434. The first-order valence-corrected chi connectivity index (χ1v) is 3.02. The highest BCUT2D eigenvalue weighted by atomic mass is 16.4. The summed E-state index contributed by atoms with van der Waals surface area (Å²) >= 11 is 0. The Kier molecular flexibility index (Phi) is 3.24. The fraction of sp³-hybridized carbons (Fsp3) is 0.833. The molecule has 0 aliphatic rings. The fourth-order valence-corrected chi connectivity index (χ4v) is 0.609. The molecule has 9 heavy (non-hydrogen) atoms. The van der Waals surface area contributed by atoms with E-state index in [2.05, 4.69) is 0 Å². The van der Waals surface area contributed by atoms with E-state index < -0.39 is 12.0 Å². The number of aliphatic carboxylic acids is 1. The molecule has 0 radical (unpaired) electrons. The Balaban J connectivity index is 3.50. The minimum atomic E-state index is -0.913. The van der Waals surface area contributed by atoms with Gasteiger partial charge in [-0.05, 0) is 12.3 Å². The van der Waals surface area contributed by atoms with E-state index in [0.717, 1.165) is 0 Å². The average molecular weight is 133 g/mol. The molecule has 0 aliphatic carbocycles. The Hall–Kier alpha value is -0.570. The van der Waals surface area contributed by atoms with Crippen molar-refractivity contribution < 1.29 is 9.90 Å². The van der Waals surface area contributed by atoms with Crippen molar-refractivity contribution in [3.8, 4) is 0 Å². The molecule has 0 heterocycles. The highest BCUT2D eigenvalue weighted by Crippen LogP contribution is 2.01. The molecular formula is C6H13NO2. The normalized spacial score (nSPS) is 13.8. The van der Waals surface area contributed by atoms with Crippen molar-refractivity contribution in [2.45, 2.75) is 26.3 Å². The SMILES string of the molecule is CC(C)C[13C@H]([15NH2])C(=O)O. The van der Waals surface area contributed by atoms with Gasteiger partial charge in [0.25, 0.3) is 0 Å². The van der Waals surface area contributed by atoms with Gasteiger partial charge in [0.1, 0.15) is 6.04 Å². The van der Waals surface area contributed by atoms with Crippen molar-refractivity contribution in [1.82, 2.24) is 0 Å². The van der Waals surface area contributed by atoms with Crippen molar-refractivity contribution in [1.29, 1.82) is 0 Å². The van der Waals surface area contributed by atoms with Gasteiger partial charge >= 0.3 is 5.97 Å². The first-order valence-electron chi connectivity index (χ1n) is 3.02. The highest BCUT2D eigenvalue weighted by Gasteiger charge is 2.11. The maximum atomic E-state index is 10.1. The lowest BCUT2D eigenvalue weighted by molar-refractivity contribution is -0.138. The third-order valence-electron chi connectivity index (χ3n) is 1.04. The van der Waals surface area contributed by atoms with Crippen LogP contribution in [-0.2, 0) is 4.79 Å². The van der Waals surface area contributed by atoms with Gasteiger partial charge in [-0.2, -0.15) is 0 Å². The van der Waals surface area contributed by atoms with Crippen molar-refractivity contribution >= 4 is 5.97 Å².